The maximum Gasteiger partial charge on any atom is 0.282 e. The average Bonchev–Trinajstić information content (AvgIpc) is 3.04. The van der Waals surface area contributed by atoms with Crippen molar-refractivity contribution in [3.05, 3.63) is 95.7 Å². The van der Waals surface area contributed by atoms with Crippen LogP contribution in [-0.2, 0) is 9.59 Å². The zero-order valence-electron chi connectivity index (χ0n) is 16.1. The second-order valence-electron chi connectivity index (χ2n) is 6.57. The maximum atomic E-state index is 13.3. The number of ether oxygens (including phenoxy) is 1. The highest BCUT2D eigenvalue weighted by Crippen LogP contribution is 2.34. The highest BCUT2D eigenvalue weighted by atomic mass is 16.5. The highest BCUT2D eigenvalue weighted by molar-refractivity contribution is 6.46. The van der Waals surface area contributed by atoms with Gasteiger partial charge in [-0.2, -0.15) is 5.26 Å². The maximum absolute atomic E-state index is 13.3. The number of rotatable bonds is 5. The lowest BCUT2D eigenvalue weighted by Crippen LogP contribution is -2.32. The van der Waals surface area contributed by atoms with Gasteiger partial charge in [0.05, 0.1) is 30.0 Å². The molecular formula is C24H17N3O3. The molecule has 1 aliphatic rings. The van der Waals surface area contributed by atoms with Crippen molar-refractivity contribution < 1.29 is 14.3 Å². The average molecular weight is 395 g/mol. The predicted molar refractivity (Wildman–Crippen MR) is 114 cm³/mol. The highest BCUT2D eigenvalue weighted by Gasteiger charge is 2.40. The van der Waals surface area contributed by atoms with Crippen molar-refractivity contribution in [2.75, 3.05) is 17.3 Å². The molecule has 1 aliphatic heterocycles. The fourth-order valence-electron chi connectivity index (χ4n) is 3.26. The van der Waals surface area contributed by atoms with Crippen LogP contribution in [0.1, 0.15) is 11.1 Å². The molecule has 0 saturated heterocycles. The molecule has 3 aromatic carbocycles. The number of nitrogens with zero attached hydrogens (tertiary/aromatic N) is 2. The van der Waals surface area contributed by atoms with E-state index in [-0.39, 0.29) is 5.70 Å². The number of nitriles is 1. The number of imide groups is 1. The number of hydrogen-bond acceptors (Lipinski definition) is 5. The molecule has 6 nitrogen and oxygen atoms in total. The summed E-state index contributed by atoms with van der Waals surface area (Å²) in [6, 6.07) is 24.5. The van der Waals surface area contributed by atoms with Gasteiger partial charge in [0, 0.05) is 5.69 Å². The summed E-state index contributed by atoms with van der Waals surface area (Å²) in [6.07, 6.45) is 0. The molecule has 0 bridgehead atoms. The van der Waals surface area contributed by atoms with E-state index in [1.807, 2.05) is 24.3 Å². The molecule has 0 radical (unpaired) electrons. The van der Waals surface area contributed by atoms with Crippen LogP contribution in [0.2, 0.25) is 0 Å². The molecule has 1 heterocycles. The van der Waals surface area contributed by atoms with Crippen LogP contribution in [0.25, 0.3) is 5.57 Å². The van der Waals surface area contributed by atoms with Gasteiger partial charge in [-0.1, -0.05) is 30.3 Å². The number of anilines is 2. The van der Waals surface area contributed by atoms with Crippen LogP contribution in [0.5, 0.6) is 5.75 Å². The van der Waals surface area contributed by atoms with Crippen molar-refractivity contribution >= 4 is 28.8 Å². The molecular weight excluding hydrogens is 378 g/mol. The molecule has 0 saturated carbocycles. The van der Waals surface area contributed by atoms with Crippen LogP contribution >= 0.6 is 0 Å². The summed E-state index contributed by atoms with van der Waals surface area (Å²) < 4.78 is 5.17. The molecule has 0 aliphatic carbocycles. The fraction of sp³-hybridized carbons (Fsp3) is 0.0417. The molecule has 0 atom stereocenters. The summed E-state index contributed by atoms with van der Waals surface area (Å²) in [7, 11) is 1.58. The van der Waals surface area contributed by atoms with Crippen LogP contribution in [0, 0.1) is 11.3 Å². The Labute approximate surface area is 173 Å². The van der Waals surface area contributed by atoms with Gasteiger partial charge in [-0.15, -0.1) is 0 Å². The van der Waals surface area contributed by atoms with E-state index in [0.717, 1.165) is 4.90 Å². The minimum absolute atomic E-state index is 0.195. The number of amides is 2. The number of hydrogen-bond donors (Lipinski definition) is 1. The molecule has 0 unspecified atom stereocenters. The van der Waals surface area contributed by atoms with Crippen LogP contribution in [0.3, 0.4) is 0 Å². The van der Waals surface area contributed by atoms with Crippen molar-refractivity contribution in [3.63, 3.8) is 0 Å². The van der Waals surface area contributed by atoms with Gasteiger partial charge >= 0.3 is 0 Å². The predicted octanol–water partition coefficient (Wildman–Crippen LogP) is 3.96. The third kappa shape index (κ3) is 3.40. The molecule has 0 fully saturated rings. The lowest BCUT2D eigenvalue weighted by molar-refractivity contribution is -0.120. The van der Waals surface area contributed by atoms with E-state index in [1.54, 1.807) is 67.8 Å². The fourth-order valence-corrected chi connectivity index (χ4v) is 3.26. The number of nitrogens with one attached hydrogen (secondary N) is 1. The van der Waals surface area contributed by atoms with Gasteiger partial charge in [0.25, 0.3) is 11.8 Å². The van der Waals surface area contributed by atoms with Gasteiger partial charge in [0.2, 0.25) is 0 Å². The molecule has 146 valence electrons. The molecule has 0 aromatic heterocycles. The zero-order valence-corrected chi connectivity index (χ0v) is 16.1. The van der Waals surface area contributed by atoms with E-state index in [0.29, 0.717) is 33.8 Å². The van der Waals surface area contributed by atoms with E-state index in [9.17, 15) is 9.59 Å². The van der Waals surface area contributed by atoms with Gasteiger partial charge in [-0.25, -0.2) is 4.90 Å². The quantitative estimate of drug-likeness (QED) is 0.661. The Bertz CT molecular complexity index is 1180. The first-order valence-electron chi connectivity index (χ1n) is 9.22. The summed E-state index contributed by atoms with van der Waals surface area (Å²) >= 11 is 0. The van der Waals surface area contributed by atoms with Crippen LogP contribution in [-0.4, -0.2) is 18.9 Å². The van der Waals surface area contributed by atoms with Crippen molar-refractivity contribution in [2.45, 2.75) is 0 Å². The van der Waals surface area contributed by atoms with Crippen LogP contribution in [0.15, 0.2) is 84.6 Å². The van der Waals surface area contributed by atoms with Crippen molar-refractivity contribution in [2.24, 2.45) is 0 Å². The number of carbonyl (C=O) groups excluding carboxylic acids is 2. The zero-order chi connectivity index (χ0) is 21.1. The standard InChI is InChI=1S/C24H17N3O3/c1-30-20-13-9-18(10-14-20)26-22-21(17-5-3-2-4-6-17)23(28)27(24(22)29)19-11-7-16(15-25)8-12-19/h2-14,26H,1H3. The molecule has 30 heavy (non-hydrogen) atoms. The topological polar surface area (TPSA) is 82.4 Å². The van der Waals surface area contributed by atoms with Gasteiger partial charge in [0.15, 0.2) is 0 Å². The lowest BCUT2D eigenvalue weighted by Gasteiger charge is -2.15. The molecule has 1 N–H and O–H groups in total. The Morgan fingerprint density at radius 2 is 1.53 bits per heavy atom. The summed E-state index contributed by atoms with van der Waals surface area (Å²) in [4.78, 5) is 27.7. The Balaban J connectivity index is 1.77. The van der Waals surface area contributed by atoms with Crippen molar-refractivity contribution in [3.8, 4) is 11.8 Å². The number of carbonyl (C=O) groups is 2. The van der Waals surface area contributed by atoms with Gasteiger partial charge in [-0.3, -0.25) is 9.59 Å². The Kier molecular flexibility index (Phi) is 5.02. The van der Waals surface area contributed by atoms with Gasteiger partial charge < -0.3 is 10.1 Å². The van der Waals surface area contributed by atoms with E-state index in [2.05, 4.69) is 5.32 Å². The third-order valence-corrected chi connectivity index (χ3v) is 4.76. The van der Waals surface area contributed by atoms with Crippen LogP contribution < -0.4 is 15.0 Å². The molecule has 3 aromatic rings. The van der Waals surface area contributed by atoms with Gasteiger partial charge in [0.1, 0.15) is 11.4 Å². The Morgan fingerprint density at radius 3 is 2.13 bits per heavy atom. The largest absolute Gasteiger partial charge is 0.497 e. The summed E-state index contributed by atoms with van der Waals surface area (Å²) in [6.45, 7) is 0. The second-order valence-corrected chi connectivity index (χ2v) is 6.57. The summed E-state index contributed by atoms with van der Waals surface area (Å²) in [5.41, 5.74) is 2.64. The van der Waals surface area contributed by atoms with Crippen LogP contribution in [0.4, 0.5) is 11.4 Å². The SMILES string of the molecule is COc1ccc(NC2=C(c3ccccc3)C(=O)N(c3ccc(C#N)cc3)C2=O)cc1. The Morgan fingerprint density at radius 1 is 0.867 bits per heavy atom. The minimum Gasteiger partial charge on any atom is -0.497 e. The lowest BCUT2D eigenvalue weighted by atomic mass is 10.0. The number of methoxy groups -OCH3 is 1. The van der Waals surface area contributed by atoms with E-state index in [1.165, 1.54) is 0 Å². The second kappa shape index (κ2) is 7.94. The molecule has 6 heteroatoms. The Hall–Kier alpha value is -4.37. The third-order valence-electron chi connectivity index (χ3n) is 4.76. The van der Waals surface area contributed by atoms with E-state index < -0.39 is 11.8 Å². The van der Waals surface area contributed by atoms with E-state index >= 15 is 0 Å². The van der Waals surface area contributed by atoms with Crippen molar-refractivity contribution in [1.82, 2.24) is 0 Å². The monoisotopic (exact) mass is 395 g/mol. The minimum atomic E-state index is -0.459. The number of benzene rings is 3. The van der Waals surface area contributed by atoms with Crippen molar-refractivity contribution in [1.29, 1.82) is 5.26 Å². The smallest absolute Gasteiger partial charge is 0.282 e. The normalized spacial score (nSPS) is 13.4. The van der Waals surface area contributed by atoms with Gasteiger partial charge in [-0.05, 0) is 54.1 Å². The first-order chi connectivity index (χ1) is 14.6. The summed E-state index contributed by atoms with van der Waals surface area (Å²) in [5.74, 6) is -0.197. The first-order valence-corrected chi connectivity index (χ1v) is 9.22. The summed E-state index contributed by atoms with van der Waals surface area (Å²) in [5, 5.41) is 12.1. The molecule has 4 rings (SSSR count). The van der Waals surface area contributed by atoms with E-state index in [4.69, 9.17) is 10.00 Å². The molecule has 0 spiro atoms. The first kappa shape index (κ1) is 19.0. The molecule has 2 amide bonds.